The van der Waals surface area contributed by atoms with Crippen LogP contribution in [0.3, 0.4) is 0 Å². The fourth-order valence-corrected chi connectivity index (χ4v) is 0. The first-order chi connectivity index (χ1) is 0. The number of hydrogen-bond acceptors (Lipinski definition) is 0. The first kappa shape index (κ1) is 160. The Balaban J connectivity index is 0. The predicted molar refractivity (Wildman–Crippen MR) is 33.2 cm³/mol. The monoisotopic (exact) mass is 170 g/mol. The van der Waals surface area contributed by atoms with Gasteiger partial charge in [0.2, 0.25) is 0 Å². The van der Waals surface area contributed by atoms with E-state index < -0.39 is 0 Å². The normalized spacial score (nSPS) is 0. The zero-order valence-electron chi connectivity index (χ0n) is 5.00. The molecule has 0 unspecified atom stereocenters. The van der Waals surface area contributed by atoms with E-state index in [0.29, 0.717) is 0 Å². The SMILES string of the molecule is O.O.O.O.O.O.[K].[Na]. The van der Waals surface area contributed by atoms with E-state index in [1.807, 2.05) is 0 Å². The maximum Gasteiger partial charge on any atom is 0 e. The molecule has 6 nitrogen and oxygen atoms in total. The van der Waals surface area contributed by atoms with Gasteiger partial charge in [-0.15, -0.1) is 0 Å². The third-order valence-corrected chi connectivity index (χ3v) is 0. The molecule has 0 aromatic rings. The number of hydrogen-bond donors (Lipinski definition) is 0. The molecule has 2 radical (unpaired) electrons. The third-order valence-electron chi connectivity index (χ3n) is 0. The van der Waals surface area contributed by atoms with Gasteiger partial charge in [0.25, 0.3) is 0 Å². The van der Waals surface area contributed by atoms with Crippen LogP contribution in [0.15, 0.2) is 0 Å². The van der Waals surface area contributed by atoms with E-state index in [2.05, 4.69) is 0 Å². The van der Waals surface area contributed by atoms with Crippen molar-refractivity contribution in [2.24, 2.45) is 0 Å². The average molecular weight is 170 g/mol. The molecule has 0 fully saturated rings. The Morgan fingerprint density at radius 1 is 0.375 bits per heavy atom. The van der Waals surface area contributed by atoms with Crippen molar-refractivity contribution in [2.45, 2.75) is 0 Å². The predicted octanol–water partition coefficient (Wildman–Crippen LogP) is -5.71. The van der Waals surface area contributed by atoms with Gasteiger partial charge in [-0.25, -0.2) is 0 Å². The Kier molecular flexibility index (Phi) is 2300. The molecular formula is H12KNaO6. The maximum atomic E-state index is 0. The summed E-state index contributed by atoms with van der Waals surface area (Å²) < 4.78 is 0. The number of rotatable bonds is 0. The Bertz CT molecular complexity index is 8.49. The second-order valence-electron chi connectivity index (χ2n) is 0. The molecule has 0 bridgehead atoms. The summed E-state index contributed by atoms with van der Waals surface area (Å²) in [7, 11) is 0. The van der Waals surface area contributed by atoms with Crippen molar-refractivity contribution in [3.8, 4) is 0 Å². The summed E-state index contributed by atoms with van der Waals surface area (Å²) in [6.07, 6.45) is 0. The Morgan fingerprint density at radius 3 is 0.375 bits per heavy atom. The van der Waals surface area contributed by atoms with Crippen molar-refractivity contribution < 1.29 is 32.9 Å². The minimum Gasteiger partial charge on any atom is -0.412 e. The van der Waals surface area contributed by atoms with Crippen LogP contribution in [0.2, 0.25) is 0 Å². The van der Waals surface area contributed by atoms with E-state index in [1.54, 1.807) is 0 Å². The summed E-state index contributed by atoms with van der Waals surface area (Å²) in [6, 6.07) is 0. The van der Waals surface area contributed by atoms with Crippen molar-refractivity contribution in [3.63, 3.8) is 0 Å². The molecule has 0 aliphatic rings. The van der Waals surface area contributed by atoms with Crippen molar-refractivity contribution >= 4 is 80.9 Å². The summed E-state index contributed by atoms with van der Waals surface area (Å²) in [5, 5.41) is 0. The van der Waals surface area contributed by atoms with Crippen LogP contribution in [0, 0.1) is 0 Å². The zero-order chi connectivity index (χ0) is 0. The minimum absolute atomic E-state index is 0. The van der Waals surface area contributed by atoms with Gasteiger partial charge in [-0.3, -0.25) is 0 Å². The molecule has 0 atom stereocenters. The summed E-state index contributed by atoms with van der Waals surface area (Å²) >= 11 is 0. The van der Waals surface area contributed by atoms with E-state index in [0.717, 1.165) is 0 Å². The molecule has 0 aliphatic carbocycles. The van der Waals surface area contributed by atoms with Gasteiger partial charge >= 0.3 is 0 Å². The van der Waals surface area contributed by atoms with Crippen LogP contribution in [0.4, 0.5) is 0 Å². The molecule has 0 aromatic carbocycles. The van der Waals surface area contributed by atoms with Gasteiger partial charge in [-0.2, -0.15) is 0 Å². The van der Waals surface area contributed by atoms with Crippen LogP contribution in [0.5, 0.6) is 0 Å². The molecule has 0 saturated heterocycles. The van der Waals surface area contributed by atoms with Gasteiger partial charge in [0.15, 0.2) is 0 Å². The average Bonchev–Trinajstić information content (AvgIpc) is 0. The van der Waals surface area contributed by atoms with Gasteiger partial charge in [-0.1, -0.05) is 0 Å². The van der Waals surface area contributed by atoms with E-state index in [1.165, 1.54) is 0 Å². The van der Waals surface area contributed by atoms with Crippen LogP contribution in [-0.4, -0.2) is 114 Å². The Labute approximate surface area is 112 Å². The van der Waals surface area contributed by atoms with Gasteiger partial charge in [0.1, 0.15) is 0 Å². The summed E-state index contributed by atoms with van der Waals surface area (Å²) in [6.45, 7) is 0. The van der Waals surface area contributed by atoms with Gasteiger partial charge in [0.05, 0.1) is 0 Å². The molecule has 0 saturated carbocycles. The van der Waals surface area contributed by atoms with Crippen molar-refractivity contribution in [1.29, 1.82) is 0 Å². The smallest absolute Gasteiger partial charge is 0 e. The first-order valence-corrected chi connectivity index (χ1v) is 0. The quantitative estimate of drug-likeness (QED) is 0.313. The van der Waals surface area contributed by atoms with E-state index >= 15 is 0 Å². The van der Waals surface area contributed by atoms with Crippen LogP contribution < -0.4 is 0 Å². The molecule has 0 spiro atoms. The molecule has 0 amide bonds. The van der Waals surface area contributed by atoms with Crippen LogP contribution in [-0.2, 0) is 0 Å². The van der Waals surface area contributed by atoms with Crippen molar-refractivity contribution in [2.75, 3.05) is 0 Å². The summed E-state index contributed by atoms with van der Waals surface area (Å²) in [5.74, 6) is 0. The first-order valence-electron chi connectivity index (χ1n) is 0. The zero-order valence-corrected chi connectivity index (χ0v) is 10.1. The molecule has 0 aliphatic heterocycles. The van der Waals surface area contributed by atoms with Crippen molar-refractivity contribution in [3.05, 3.63) is 0 Å². The molecule has 0 heterocycles. The summed E-state index contributed by atoms with van der Waals surface area (Å²) in [5.41, 5.74) is 0. The van der Waals surface area contributed by atoms with Crippen molar-refractivity contribution in [1.82, 2.24) is 0 Å². The van der Waals surface area contributed by atoms with E-state index in [4.69, 9.17) is 0 Å². The summed E-state index contributed by atoms with van der Waals surface area (Å²) in [4.78, 5) is 0. The van der Waals surface area contributed by atoms with Crippen LogP contribution in [0.1, 0.15) is 0 Å². The van der Waals surface area contributed by atoms with Crippen LogP contribution >= 0.6 is 0 Å². The molecular weight excluding hydrogens is 158 g/mol. The van der Waals surface area contributed by atoms with Crippen LogP contribution in [0.25, 0.3) is 0 Å². The molecule has 8 heteroatoms. The van der Waals surface area contributed by atoms with E-state index in [9.17, 15) is 0 Å². The minimum atomic E-state index is 0. The Hall–Kier alpha value is 2.40. The fraction of sp³-hybridized carbons (Fsp3) is 0. The topological polar surface area (TPSA) is 189 Å². The third kappa shape index (κ3) is 80.0. The standard InChI is InChI=1S/K.Na.6H2O/h;;6*1H2. The molecule has 0 aromatic heterocycles. The molecule has 8 heavy (non-hydrogen) atoms. The maximum absolute atomic E-state index is 0. The largest absolute Gasteiger partial charge is 0.412 e. The Morgan fingerprint density at radius 2 is 0.375 bits per heavy atom. The second-order valence-corrected chi connectivity index (χ2v) is 0. The molecule has 0 rings (SSSR count). The second kappa shape index (κ2) is 115. The molecule has 50 valence electrons. The molecule has 12 N–H and O–H groups in total. The fourth-order valence-electron chi connectivity index (χ4n) is 0. The van der Waals surface area contributed by atoms with E-state index in [-0.39, 0.29) is 114 Å². The van der Waals surface area contributed by atoms with Gasteiger partial charge in [0, 0.05) is 80.9 Å². The van der Waals surface area contributed by atoms with Gasteiger partial charge < -0.3 is 32.9 Å². The van der Waals surface area contributed by atoms with Gasteiger partial charge in [-0.05, 0) is 0 Å².